The number of fused-ring (bicyclic) bond motifs is 1. The van der Waals surface area contributed by atoms with Gasteiger partial charge in [0.25, 0.3) is 0 Å². The summed E-state index contributed by atoms with van der Waals surface area (Å²) in [4.78, 5) is 31.4. The average molecular weight is 495 g/mol. The maximum atomic E-state index is 14.9. The normalized spacial score (nSPS) is 21.9. The summed E-state index contributed by atoms with van der Waals surface area (Å²) in [7, 11) is 2.06. The molecule has 0 radical (unpaired) electrons. The molecule has 34 heavy (non-hydrogen) atoms. The molecule has 0 aromatic carbocycles. The fourth-order valence-corrected chi connectivity index (χ4v) is 4.55. The summed E-state index contributed by atoms with van der Waals surface area (Å²) in [5.41, 5.74) is -0.496. The summed E-state index contributed by atoms with van der Waals surface area (Å²) in [6, 6.07) is 0.266. The highest BCUT2D eigenvalue weighted by molar-refractivity contribution is 6.30. The van der Waals surface area contributed by atoms with Crippen LogP contribution in [0.5, 0.6) is 6.01 Å². The zero-order chi connectivity index (χ0) is 24.6. The third kappa shape index (κ3) is 5.27. The van der Waals surface area contributed by atoms with E-state index in [1.165, 1.54) is 6.20 Å². The van der Waals surface area contributed by atoms with E-state index in [1.54, 1.807) is 4.90 Å². The maximum Gasteiger partial charge on any atom is 0.410 e. The van der Waals surface area contributed by atoms with Crippen molar-refractivity contribution < 1.29 is 18.7 Å². The number of pyridine rings is 1. The van der Waals surface area contributed by atoms with Crippen molar-refractivity contribution in [2.24, 2.45) is 0 Å². The number of nitrogens with zero attached hydrogens (tertiary/aromatic N) is 6. The number of aromatic nitrogens is 3. The number of piperazine rings is 1. The van der Waals surface area contributed by atoms with Gasteiger partial charge < -0.3 is 24.2 Å². The highest BCUT2D eigenvalue weighted by Crippen LogP contribution is 2.32. The molecule has 1 amide bonds. The van der Waals surface area contributed by atoms with E-state index >= 15 is 0 Å². The van der Waals surface area contributed by atoms with E-state index in [9.17, 15) is 9.18 Å². The van der Waals surface area contributed by atoms with E-state index < -0.39 is 11.4 Å². The molecule has 4 heterocycles. The molecule has 2 saturated heterocycles. The second kappa shape index (κ2) is 9.65. The Morgan fingerprint density at radius 2 is 2.03 bits per heavy atom. The van der Waals surface area contributed by atoms with Crippen LogP contribution in [0.2, 0.25) is 5.15 Å². The predicted molar refractivity (Wildman–Crippen MR) is 128 cm³/mol. The van der Waals surface area contributed by atoms with Crippen LogP contribution in [-0.2, 0) is 4.74 Å². The van der Waals surface area contributed by atoms with E-state index in [1.807, 2.05) is 32.6 Å². The molecule has 0 aliphatic carbocycles. The SMILES string of the molecule is C[C@H]1CN(C(=O)OC(C)(C)C)CCN1c1nc(OC[C@@H]2CCCN2C)nc2c(F)c(Cl)ncc12. The van der Waals surface area contributed by atoms with Gasteiger partial charge in [-0.2, -0.15) is 9.97 Å². The van der Waals surface area contributed by atoms with Crippen molar-refractivity contribution in [3.63, 3.8) is 0 Å². The molecule has 4 rings (SSSR count). The smallest absolute Gasteiger partial charge is 0.410 e. The molecule has 2 fully saturated rings. The number of carbonyl (C=O) groups is 1. The van der Waals surface area contributed by atoms with Crippen molar-refractivity contribution in [2.75, 3.05) is 44.7 Å². The lowest BCUT2D eigenvalue weighted by Crippen LogP contribution is -2.55. The summed E-state index contributed by atoms with van der Waals surface area (Å²) < 4.78 is 26.4. The van der Waals surface area contributed by atoms with Crippen LogP contribution in [0.4, 0.5) is 15.0 Å². The Morgan fingerprint density at radius 3 is 2.68 bits per heavy atom. The second-order valence-corrected chi connectivity index (χ2v) is 10.4. The largest absolute Gasteiger partial charge is 0.462 e. The molecule has 9 nitrogen and oxygen atoms in total. The first-order valence-corrected chi connectivity index (χ1v) is 12.0. The van der Waals surface area contributed by atoms with Crippen molar-refractivity contribution in [1.82, 2.24) is 24.8 Å². The molecule has 11 heteroatoms. The van der Waals surface area contributed by atoms with E-state index in [4.69, 9.17) is 21.1 Å². The zero-order valence-corrected chi connectivity index (χ0v) is 21.1. The number of amides is 1. The third-order valence-electron chi connectivity index (χ3n) is 6.23. The van der Waals surface area contributed by atoms with Gasteiger partial charge in [-0.15, -0.1) is 0 Å². The first kappa shape index (κ1) is 24.7. The van der Waals surface area contributed by atoms with Crippen molar-refractivity contribution in [3.8, 4) is 6.01 Å². The van der Waals surface area contributed by atoms with Crippen LogP contribution in [-0.4, -0.2) is 88.4 Å². The van der Waals surface area contributed by atoms with Gasteiger partial charge in [0.15, 0.2) is 11.0 Å². The molecule has 0 bridgehead atoms. The van der Waals surface area contributed by atoms with Gasteiger partial charge >= 0.3 is 12.1 Å². The van der Waals surface area contributed by atoms with Gasteiger partial charge in [-0.3, -0.25) is 0 Å². The minimum absolute atomic E-state index is 0.0709. The number of hydrogen-bond donors (Lipinski definition) is 0. The van der Waals surface area contributed by atoms with Crippen LogP contribution in [0, 0.1) is 5.82 Å². The fraction of sp³-hybridized carbons (Fsp3) is 0.652. The third-order valence-corrected chi connectivity index (χ3v) is 6.49. The van der Waals surface area contributed by atoms with Crippen LogP contribution in [0.25, 0.3) is 10.9 Å². The van der Waals surface area contributed by atoms with Gasteiger partial charge in [0.1, 0.15) is 23.5 Å². The Balaban J connectivity index is 1.60. The van der Waals surface area contributed by atoms with Gasteiger partial charge in [0, 0.05) is 37.9 Å². The van der Waals surface area contributed by atoms with E-state index in [0.29, 0.717) is 37.4 Å². The molecule has 2 aliphatic rings. The molecular weight excluding hydrogens is 463 g/mol. The van der Waals surface area contributed by atoms with Gasteiger partial charge in [-0.05, 0) is 54.1 Å². The zero-order valence-electron chi connectivity index (χ0n) is 20.3. The minimum Gasteiger partial charge on any atom is -0.462 e. The molecule has 0 spiro atoms. The quantitative estimate of drug-likeness (QED) is 0.594. The van der Waals surface area contributed by atoms with Crippen molar-refractivity contribution in [3.05, 3.63) is 17.2 Å². The number of ether oxygens (including phenoxy) is 2. The molecule has 2 aromatic heterocycles. The van der Waals surface area contributed by atoms with Crippen LogP contribution < -0.4 is 9.64 Å². The second-order valence-electron chi connectivity index (χ2n) is 10.0. The summed E-state index contributed by atoms with van der Waals surface area (Å²) in [5.74, 6) is -0.190. The molecule has 0 saturated carbocycles. The van der Waals surface area contributed by atoms with Crippen molar-refractivity contribution in [2.45, 2.75) is 58.2 Å². The Morgan fingerprint density at radius 1 is 1.26 bits per heavy atom. The fourth-order valence-electron chi connectivity index (χ4n) is 4.41. The number of halogens is 2. The van der Waals surface area contributed by atoms with Crippen LogP contribution in [0.3, 0.4) is 0 Å². The summed E-state index contributed by atoms with van der Waals surface area (Å²) in [6.07, 6.45) is 3.28. The van der Waals surface area contributed by atoms with Gasteiger partial charge in [0.05, 0.1) is 5.39 Å². The highest BCUT2D eigenvalue weighted by Gasteiger charge is 2.32. The number of rotatable bonds is 4. The van der Waals surface area contributed by atoms with E-state index in [2.05, 4.69) is 26.9 Å². The molecular formula is C23H32ClFN6O3. The number of carbonyl (C=O) groups excluding carboxylic acids is 1. The number of hydrogen-bond acceptors (Lipinski definition) is 8. The molecule has 0 N–H and O–H groups in total. The van der Waals surface area contributed by atoms with Gasteiger partial charge in [-0.25, -0.2) is 14.2 Å². The number of anilines is 1. The summed E-state index contributed by atoms with van der Waals surface area (Å²) >= 11 is 5.95. The topological polar surface area (TPSA) is 83.9 Å². The lowest BCUT2D eigenvalue weighted by Gasteiger charge is -2.41. The number of likely N-dealkylation sites (N-methyl/N-ethyl adjacent to an activating group) is 1. The standard InChI is InChI=1S/C23H32ClFN6O3/c1-14-12-30(22(32)34-23(2,3)4)9-10-31(14)20-16-11-26-19(24)17(25)18(16)27-21(28-20)33-13-15-7-6-8-29(15)5/h11,14-15H,6-10,12-13H2,1-5H3/t14-,15-/m0/s1. The Labute approximate surface area is 204 Å². The molecule has 2 atom stereocenters. The Bertz CT molecular complexity index is 1070. The van der Waals surface area contributed by atoms with Crippen LogP contribution in [0.1, 0.15) is 40.5 Å². The van der Waals surface area contributed by atoms with Gasteiger partial charge in [0.2, 0.25) is 0 Å². The molecule has 2 aliphatic heterocycles. The lowest BCUT2D eigenvalue weighted by molar-refractivity contribution is 0.0218. The highest BCUT2D eigenvalue weighted by atomic mass is 35.5. The first-order valence-electron chi connectivity index (χ1n) is 11.6. The molecule has 2 aromatic rings. The average Bonchev–Trinajstić information content (AvgIpc) is 3.18. The van der Waals surface area contributed by atoms with E-state index in [-0.39, 0.29) is 34.9 Å². The molecule has 0 unspecified atom stereocenters. The monoisotopic (exact) mass is 494 g/mol. The van der Waals surface area contributed by atoms with Gasteiger partial charge in [-0.1, -0.05) is 11.6 Å². The minimum atomic E-state index is -0.703. The van der Waals surface area contributed by atoms with Crippen LogP contribution in [0.15, 0.2) is 6.20 Å². The van der Waals surface area contributed by atoms with Crippen molar-refractivity contribution in [1.29, 1.82) is 0 Å². The molecule has 186 valence electrons. The van der Waals surface area contributed by atoms with Crippen molar-refractivity contribution >= 4 is 34.4 Å². The van der Waals surface area contributed by atoms with E-state index in [0.717, 1.165) is 19.4 Å². The maximum absolute atomic E-state index is 14.9. The summed E-state index contributed by atoms with van der Waals surface area (Å²) in [5, 5.41) is 0.200. The van der Waals surface area contributed by atoms with Crippen LogP contribution >= 0.6 is 11.6 Å². The predicted octanol–water partition coefficient (Wildman–Crippen LogP) is 3.74. The lowest BCUT2D eigenvalue weighted by atomic mass is 10.1. The Kier molecular flexibility index (Phi) is 7.00. The Hall–Kier alpha value is -2.46. The summed E-state index contributed by atoms with van der Waals surface area (Å²) in [6.45, 7) is 10.3. The first-order chi connectivity index (χ1) is 16.0. The number of likely N-dealkylation sites (tertiary alicyclic amines) is 1.